The van der Waals surface area contributed by atoms with Crippen LogP contribution in [0.4, 0.5) is 8.78 Å². The zero-order valence-electron chi connectivity index (χ0n) is 14.8. The number of carbonyl (C=O) groups excluding carboxylic acids is 1. The number of rotatable bonds is 8. The van der Waals surface area contributed by atoms with Gasteiger partial charge < -0.3 is 24.8 Å². The van der Waals surface area contributed by atoms with Crippen molar-refractivity contribution in [2.24, 2.45) is 5.41 Å². The Kier molecular flexibility index (Phi) is 9.04. The summed E-state index contributed by atoms with van der Waals surface area (Å²) in [7, 11) is 3.04. The fourth-order valence-electron chi connectivity index (χ4n) is 3.01. The van der Waals surface area contributed by atoms with E-state index in [1.165, 1.54) is 19.2 Å². The average molecular weight is 395 g/mol. The van der Waals surface area contributed by atoms with Crippen molar-refractivity contribution in [3.05, 3.63) is 23.8 Å². The van der Waals surface area contributed by atoms with E-state index in [0.29, 0.717) is 30.8 Å². The molecule has 1 fully saturated rings. The Balaban J connectivity index is 0.00000338. The first-order valence-corrected chi connectivity index (χ1v) is 8.10. The van der Waals surface area contributed by atoms with Crippen molar-refractivity contribution >= 4 is 18.3 Å². The van der Waals surface area contributed by atoms with Crippen LogP contribution in [0, 0.1) is 5.41 Å². The van der Waals surface area contributed by atoms with Gasteiger partial charge in [0.15, 0.2) is 0 Å². The van der Waals surface area contributed by atoms with Crippen molar-refractivity contribution in [3.8, 4) is 11.5 Å². The molecule has 148 valence electrons. The fourth-order valence-corrected chi connectivity index (χ4v) is 3.01. The Bertz CT molecular complexity index is 578. The van der Waals surface area contributed by atoms with Crippen LogP contribution in [0.1, 0.15) is 18.4 Å². The molecule has 1 aliphatic rings. The lowest BCUT2D eigenvalue weighted by Gasteiger charge is -2.35. The fraction of sp³-hybridized carbons (Fsp3) is 0.588. The molecular formula is C17H25ClF2N2O4. The molecule has 0 radical (unpaired) electrons. The summed E-state index contributed by atoms with van der Waals surface area (Å²) < 4.78 is 40.0. The Labute approximate surface area is 158 Å². The van der Waals surface area contributed by atoms with Gasteiger partial charge in [-0.2, -0.15) is 8.78 Å². The lowest BCUT2D eigenvalue weighted by molar-refractivity contribution is -0.136. The van der Waals surface area contributed by atoms with Crippen LogP contribution >= 0.6 is 12.4 Å². The van der Waals surface area contributed by atoms with E-state index in [4.69, 9.17) is 9.47 Å². The minimum atomic E-state index is -2.94. The number of methoxy groups -OCH3 is 2. The largest absolute Gasteiger partial charge is 0.497 e. The molecule has 1 saturated heterocycles. The zero-order chi connectivity index (χ0) is 18.3. The number of halogens is 3. The molecule has 0 bridgehead atoms. The minimum absolute atomic E-state index is 0. The summed E-state index contributed by atoms with van der Waals surface area (Å²) in [6, 6.07) is 4.51. The van der Waals surface area contributed by atoms with Crippen molar-refractivity contribution in [2.45, 2.75) is 26.0 Å². The highest BCUT2D eigenvalue weighted by Crippen LogP contribution is 2.30. The van der Waals surface area contributed by atoms with E-state index in [0.717, 1.165) is 13.1 Å². The van der Waals surface area contributed by atoms with Gasteiger partial charge in [0, 0.05) is 19.2 Å². The molecule has 0 aromatic heterocycles. The van der Waals surface area contributed by atoms with Crippen molar-refractivity contribution in [1.82, 2.24) is 10.6 Å². The van der Waals surface area contributed by atoms with E-state index in [2.05, 4.69) is 15.4 Å². The quantitative estimate of drug-likeness (QED) is 0.708. The maximum Gasteiger partial charge on any atom is 0.387 e. The second-order valence-corrected chi connectivity index (χ2v) is 6.00. The molecule has 0 unspecified atom stereocenters. The van der Waals surface area contributed by atoms with Gasteiger partial charge in [0.1, 0.15) is 11.5 Å². The van der Waals surface area contributed by atoms with Crippen LogP contribution in [-0.4, -0.2) is 46.4 Å². The third kappa shape index (κ3) is 5.69. The summed E-state index contributed by atoms with van der Waals surface area (Å²) in [5.41, 5.74) is -0.183. The van der Waals surface area contributed by atoms with Crippen LogP contribution in [0.2, 0.25) is 0 Å². The van der Waals surface area contributed by atoms with Crippen LogP contribution in [0.5, 0.6) is 11.5 Å². The lowest BCUT2D eigenvalue weighted by Crippen LogP contribution is -2.50. The third-order valence-electron chi connectivity index (χ3n) is 4.39. The maximum atomic E-state index is 12.7. The number of piperidine rings is 1. The van der Waals surface area contributed by atoms with Crippen LogP contribution in [0.3, 0.4) is 0 Å². The van der Waals surface area contributed by atoms with Crippen molar-refractivity contribution in [3.63, 3.8) is 0 Å². The van der Waals surface area contributed by atoms with Crippen molar-refractivity contribution in [2.75, 3.05) is 33.9 Å². The summed E-state index contributed by atoms with van der Waals surface area (Å²) in [4.78, 5) is 12.7. The molecule has 9 heteroatoms. The summed E-state index contributed by atoms with van der Waals surface area (Å²) in [6.45, 7) is -1.09. The van der Waals surface area contributed by atoms with E-state index < -0.39 is 12.0 Å². The van der Waals surface area contributed by atoms with Crippen molar-refractivity contribution in [1.29, 1.82) is 0 Å². The Hall–Kier alpha value is -1.64. The second-order valence-electron chi connectivity index (χ2n) is 6.00. The first-order valence-electron chi connectivity index (χ1n) is 8.10. The van der Waals surface area contributed by atoms with Gasteiger partial charge in [0.25, 0.3) is 0 Å². The second kappa shape index (κ2) is 10.5. The number of hydrogen-bond donors (Lipinski definition) is 2. The first kappa shape index (κ1) is 22.4. The normalized spacial score (nSPS) is 15.9. The molecule has 26 heavy (non-hydrogen) atoms. The van der Waals surface area contributed by atoms with Gasteiger partial charge in [-0.15, -0.1) is 12.4 Å². The van der Waals surface area contributed by atoms with Crippen molar-refractivity contribution < 1.29 is 27.8 Å². The highest BCUT2D eigenvalue weighted by molar-refractivity contribution is 5.85. The molecule has 1 aromatic rings. The minimum Gasteiger partial charge on any atom is -0.497 e. The molecule has 1 aliphatic heterocycles. The summed E-state index contributed by atoms with van der Waals surface area (Å²) in [5, 5.41) is 6.05. The predicted octanol–water partition coefficient (Wildman–Crippen LogP) is 2.35. The van der Waals surface area contributed by atoms with Crippen LogP contribution in [-0.2, 0) is 16.1 Å². The summed E-state index contributed by atoms with van der Waals surface area (Å²) in [6.07, 6.45) is 1.32. The number of benzene rings is 1. The molecule has 0 atom stereocenters. The molecular weight excluding hydrogens is 370 g/mol. The van der Waals surface area contributed by atoms with Gasteiger partial charge in [0.2, 0.25) is 5.91 Å². The van der Waals surface area contributed by atoms with Gasteiger partial charge in [-0.05, 0) is 44.1 Å². The molecule has 0 aliphatic carbocycles. The number of amides is 1. The molecule has 1 heterocycles. The SMILES string of the molecule is COCC1(C(=O)NCc2cc(OC)ccc2OC(F)F)CCNCC1.Cl. The Morgan fingerprint density at radius 3 is 2.58 bits per heavy atom. The molecule has 2 rings (SSSR count). The summed E-state index contributed by atoms with van der Waals surface area (Å²) in [5.74, 6) is 0.364. The number of ether oxygens (including phenoxy) is 3. The molecule has 0 spiro atoms. The highest BCUT2D eigenvalue weighted by Gasteiger charge is 2.39. The first-order chi connectivity index (χ1) is 12.0. The van der Waals surface area contributed by atoms with E-state index >= 15 is 0 Å². The van der Waals surface area contributed by atoms with Crippen LogP contribution < -0.4 is 20.1 Å². The number of carbonyl (C=O) groups is 1. The van der Waals surface area contributed by atoms with Gasteiger partial charge in [-0.1, -0.05) is 0 Å². The maximum absolute atomic E-state index is 12.7. The smallest absolute Gasteiger partial charge is 0.387 e. The number of alkyl halides is 2. The molecule has 1 amide bonds. The molecule has 0 saturated carbocycles. The standard InChI is InChI=1S/C17H24F2N2O4.ClH/c1-23-11-17(5-7-20-8-6-17)15(22)21-10-12-9-13(24-2)3-4-14(12)25-16(18)19;/h3-4,9,16,20H,5-8,10-11H2,1-2H3,(H,21,22);1H. The van der Waals surface area contributed by atoms with E-state index in [-0.39, 0.29) is 30.6 Å². The third-order valence-corrected chi connectivity index (χ3v) is 4.39. The lowest BCUT2D eigenvalue weighted by atomic mass is 9.78. The van der Waals surface area contributed by atoms with E-state index in [1.54, 1.807) is 13.2 Å². The Morgan fingerprint density at radius 2 is 2.00 bits per heavy atom. The van der Waals surface area contributed by atoms with Crippen LogP contribution in [0.15, 0.2) is 18.2 Å². The highest BCUT2D eigenvalue weighted by atomic mass is 35.5. The van der Waals surface area contributed by atoms with Gasteiger partial charge >= 0.3 is 6.61 Å². The average Bonchev–Trinajstić information content (AvgIpc) is 2.61. The monoisotopic (exact) mass is 394 g/mol. The van der Waals surface area contributed by atoms with Gasteiger partial charge in [-0.25, -0.2) is 0 Å². The number of hydrogen-bond acceptors (Lipinski definition) is 5. The van der Waals surface area contributed by atoms with E-state index in [9.17, 15) is 13.6 Å². The van der Waals surface area contributed by atoms with Crippen LogP contribution in [0.25, 0.3) is 0 Å². The zero-order valence-corrected chi connectivity index (χ0v) is 15.7. The summed E-state index contributed by atoms with van der Waals surface area (Å²) >= 11 is 0. The van der Waals surface area contributed by atoms with Gasteiger partial charge in [-0.3, -0.25) is 4.79 Å². The molecule has 1 aromatic carbocycles. The predicted molar refractivity (Wildman–Crippen MR) is 95.1 cm³/mol. The topological polar surface area (TPSA) is 68.8 Å². The molecule has 2 N–H and O–H groups in total. The number of nitrogens with one attached hydrogen (secondary N) is 2. The molecule has 6 nitrogen and oxygen atoms in total. The Morgan fingerprint density at radius 1 is 1.31 bits per heavy atom. The van der Waals surface area contributed by atoms with E-state index in [1.807, 2.05) is 0 Å². The van der Waals surface area contributed by atoms with Gasteiger partial charge in [0.05, 0.1) is 19.1 Å².